The van der Waals surface area contributed by atoms with Gasteiger partial charge in [0.1, 0.15) is 5.75 Å². The molecule has 138 valence electrons. The second-order valence-electron chi connectivity index (χ2n) is 6.65. The molecule has 0 saturated carbocycles. The Balaban J connectivity index is 1.67. The van der Waals surface area contributed by atoms with Crippen LogP contribution in [0.3, 0.4) is 0 Å². The molecule has 1 heterocycles. The Labute approximate surface area is 150 Å². The van der Waals surface area contributed by atoms with Crippen molar-refractivity contribution < 1.29 is 14.3 Å². The molecule has 1 aromatic carbocycles. The molecule has 0 radical (unpaired) electrons. The van der Waals surface area contributed by atoms with Crippen molar-refractivity contribution in [1.82, 2.24) is 10.2 Å². The minimum absolute atomic E-state index is 0.0334. The molecule has 25 heavy (non-hydrogen) atoms. The topological polar surface area (TPSA) is 58.6 Å². The molecule has 0 aromatic heterocycles. The smallest absolute Gasteiger partial charge is 0.223 e. The van der Waals surface area contributed by atoms with E-state index in [1.165, 1.54) is 5.56 Å². The molecule has 2 amide bonds. The minimum atomic E-state index is 0.0334. The summed E-state index contributed by atoms with van der Waals surface area (Å²) in [5.41, 5.74) is 1.18. The number of likely N-dealkylation sites (tertiary alicyclic amines) is 1. The Bertz CT molecular complexity index is 549. The molecule has 1 N–H and O–H groups in total. The average Bonchev–Trinajstić information content (AvgIpc) is 2.66. The molecule has 0 unspecified atom stereocenters. The molecule has 0 atom stereocenters. The Hall–Kier alpha value is -2.04. The van der Waals surface area contributed by atoms with Crippen LogP contribution in [0.15, 0.2) is 24.3 Å². The van der Waals surface area contributed by atoms with E-state index in [1.807, 2.05) is 29.2 Å². The number of hydrogen-bond acceptors (Lipinski definition) is 3. The van der Waals surface area contributed by atoms with Gasteiger partial charge in [-0.25, -0.2) is 0 Å². The van der Waals surface area contributed by atoms with E-state index >= 15 is 0 Å². The van der Waals surface area contributed by atoms with Crippen molar-refractivity contribution in [3.8, 4) is 5.75 Å². The third kappa shape index (κ3) is 6.07. The van der Waals surface area contributed by atoms with Crippen molar-refractivity contribution in [2.75, 3.05) is 26.7 Å². The highest BCUT2D eigenvalue weighted by Crippen LogP contribution is 2.18. The normalized spacial score (nSPS) is 15.0. The minimum Gasteiger partial charge on any atom is -0.497 e. The third-order valence-corrected chi connectivity index (χ3v) is 4.83. The Kier molecular flexibility index (Phi) is 7.76. The summed E-state index contributed by atoms with van der Waals surface area (Å²) in [6.45, 7) is 4.15. The summed E-state index contributed by atoms with van der Waals surface area (Å²) >= 11 is 0. The molecule has 5 heteroatoms. The number of carbonyl (C=O) groups is 2. The lowest BCUT2D eigenvalue weighted by molar-refractivity contribution is -0.135. The van der Waals surface area contributed by atoms with Gasteiger partial charge in [0.05, 0.1) is 7.11 Å². The van der Waals surface area contributed by atoms with Gasteiger partial charge in [0.2, 0.25) is 11.8 Å². The van der Waals surface area contributed by atoms with Gasteiger partial charge in [0.25, 0.3) is 0 Å². The van der Waals surface area contributed by atoms with Gasteiger partial charge in [-0.2, -0.15) is 0 Å². The van der Waals surface area contributed by atoms with E-state index in [0.717, 1.165) is 37.9 Å². The molecular weight excluding hydrogens is 316 g/mol. The van der Waals surface area contributed by atoms with Crippen molar-refractivity contribution in [2.24, 2.45) is 5.92 Å². The van der Waals surface area contributed by atoms with Gasteiger partial charge in [0.15, 0.2) is 0 Å². The lowest BCUT2D eigenvalue weighted by Gasteiger charge is -2.31. The van der Waals surface area contributed by atoms with Crippen LogP contribution in [0.4, 0.5) is 0 Å². The van der Waals surface area contributed by atoms with Crippen molar-refractivity contribution in [1.29, 1.82) is 0 Å². The van der Waals surface area contributed by atoms with Crippen LogP contribution in [-0.4, -0.2) is 43.5 Å². The lowest BCUT2D eigenvalue weighted by atomic mass is 9.95. The van der Waals surface area contributed by atoms with Crippen LogP contribution in [0, 0.1) is 5.92 Å². The summed E-state index contributed by atoms with van der Waals surface area (Å²) in [7, 11) is 1.65. The first-order valence-electron chi connectivity index (χ1n) is 9.32. The quantitative estimate of drug-likeness (QED) is 0.787. The van der Waals surface area contributed by atoms with Crippen LogP contribution in [0.2, 0.25) is 0 Å². The molecular formula is C20H30N2O3. The number of unbranched alkanes of at least 4 members (excludes halogenated alkanes) is 1. The molecule has 2 rings (SSSR count). The van der Waals surface area contributed by atoms with Crippen molar-refractivity contribution in [2.45, 2.75) is 45.4 Å². The van der Waals surface area contributed by atoms with Crippen LogP contribution >= 0.6 is 0 Å². The fraction of sp³-hybridized carbons (Fsp3) is 0.600. The predicted octanol–water partition coefficient (Wildman–Crippen LogP) is 2.78. The number of ether oxygens (including phenoxy) is 1. The maximum atomic E-state index is 12.3. The van der Waals surface area contributed by atoms with E-state index in [1.54, 1.807) is 7.11 Å². The zero-order valence-electron chi connectivity index (χ0n) is 15.4. The number of carbonyl (C=O) groups excluding carboxylic acids is 2. The van der Waals surface area contributed by atoms with E-state index in [4.69, 9.17) is 4.74 Å². The van der Waals surface area contributed by atoms with Crippen LogP contribution in [-0.2, 0) is 16.0 Å². The molecule has 1 fully saturated rings. The molecule has 5 nitrogen and oxygen atoms in total. The molecule has 1 saturated heterocycles. The predicted molar refractivity (Wildman–Crippen MR) is 98.5 cm³/mol. The van der Waals surface area contributed by atoms with E-state index in [2.05, 4.69) is 12.2 Å². The first kappa shape index (κ1) is 19.3. The van der Waals surface area contributed by atoms with Crippen molar-refractivity contribution >= 4 is 11.8 Å². The Morgan fingerprint density at radius 1 is 1.20 bits per heavy atom. The molecule has 1 aromatic rings. The van der Waals surface area contributed by atoms with Crippen LogP contribution < -0.4 is 10.1 Å². The standard InChI is InChI=1S/C20H30N2O3/c1-3-4-5-19(23)22-14-11-17(12-15-22)20(24)21-13-10-16-6-8-18(25-2)9-7-16/h6-9,17H,3-5,10-15H2,1-2H3,(H,21,24). The number of hydrogen-bond donors (Lipinski definition) is 1. The van der Waals surface area contributed by atoms with Crippen molar-refractivity contribution in [3.05, 3.63) is 29.8 Å². The van der Waals surface area contributed by atoms with Gasteiger partial charge in [-0.3, -0.25) is 9.59 Å². The highest BCUT2D eigenvalue weighted by Gasteiger charge is 2.26. The van der Waals surface area contributed by atoms with E-state index in [-0.39, 0.29) is 17.7 Å². The maximum absolute atomic E-state index is 12.3. The van der Waals surface area contributed by atoms with E-state index in [0.29, 0.717) is 26.1 Å². The SMILES string of the molecule is CCCCC(=O)N1CCC(C(=O)NCCc2ccc(OC)cc2)CC1. The van der Waals surface area contributed by atoms with Gasteiger partial charge in [-0.1, -0.05) is 25.5 Å². The Morgan fingerprint density at radius 2 is 1.88 bits per heavy atom. The molecule has 1 aliphatic rings. The van der Waals surface area contributed by atoms with E-state index < -0.39 is 0 Å². The third-order valence-electron chi connectivity index (χ3n) is 4.83. The summed E-state index contributed by atoms with van der Waals surface area (Å²) in [4.78, 5) is 26.2. The number of rotatable bonds is 8. The summed E-state index contributed by atoms with van der Waals surface area (Å²) in [6.07, 6.45) is 4.97. The number of nitrogens with zero attached hydrogens (tertiary/aromatic N) is 1. The summed E-state index contributed by atoms with van der Waals surface area (Å²) < 4.78 is 5.14. The first-order valence-corrected chi connectivity index (χ1v) is 9.32. The second kappa shape index (κ2) is 10.1. The van der Waals surface area contributed by atoms with Gasteiger partial charge in [-0.05, 0) is 43.4 Å². The van der Waals surface area contributed by atoms with E-state index in [9.17, 15) is 9.59 Å². The number of piperidine rings is 1. The van der Waals surface area contributed by atoms with Crippen LogP contribution in [0.1, 0.15) is 44.6 Å². The second-order valence-corrected chi connectivity index (χ2v) is 6.65. The fourth-order valence-corrected chi connectivity index (χ4v) is 3.14. The van der Waals surface area contributed by atoms with Gasteiger partial charge >= 0.3 is 0 Å². The highest BCUT2D eigenvalue weighted by atomic mass is 16.5. The van der Waals surface area contributed by atoms with Gasteiger partial charge in [-0.15, -0.1) is 0 Å². The largest absolute Gasteiger partial charge is 0.497 e. The molecule has 0 bridgehead atoms. The summed E-state index contributed by atoms with van der Waals surface area (Å²) in [6, 6.07) is 7.90. The number of amides is 2. The molecule has 0 aliphatic carbocycles. The lowest BCUT2D eigenvalue weighted by Crippen LogP contribution is -2.43. The van der Waals surface area contributed by atoms with Crippen molar-refractivity contribution in [3.63, 3.8) is 0 Å². The summed E-state index contributed by atoms with van der Waals surface area (Å²) in [5, 5.41) is 3.03. The van der Waals surface area contributed by atoms with Crippen LogP contribution in [0.5, 0.6) is 5.75 Å². The molecule has 1 aliphatic heterocycles. The number of benzene rings is 1. The zero-order chi connectivity index (χ0) is 18.1. The van der Waals surface area contributed by atoms with Gasteiger partial charge in [0, 0.05) is 32.0 Å². The number of nitrogens with one attached hydrogen (secondary N) is 1. The first-order chi connectivity index (χ1) is 12.1. The Morgan fingerprint density at radius 3 is 2.48 bits per heavy atom. The summed E-state index contributed by atoms with van der Waals surface area (Å²) in [5.74, 6) is 1.23. The number of methoxy groups -OCH3 is 1. The monoisotopic (exact) mass is 346 g/mol. The zero-order valence-corrected chi connectivity index (χ0v) is 15.4. The average molecular weight is 346 g/mol. The van der Waals surface area contributed by atoms with Crippen LogP contribution in [0.25, 0.3) is 0 Å². The molecule has 0 spiro atoms. The fourth-order valence-electron chi connectivity index (χ4n) is 3.14. The maximum Gasteiger partial charge on any atom is 0.223 e. The highest BCUT2D eigenvalue weighted by molar-refractivity contribution is 5.80. The van der Waals surface area contributed by atoms with Gasteiger partial charge < -0.3 is 15.0 Å².